The van der Waals surface area contributed by atoms with Crippen molar-refractivity contribution in [3.8, 4) is 0 Å². The normalized spacial score (nSPS) is 12.7. The molecule has 1 N–H and O–H groups in total. The number of aryl methyl sites for hydroxylation is 1. The fraction of sp³-hybridized carbons (Fsp3) is 0.308. The average Bonchev–Trinajstić information content (AvgIpc) is 2.76. The number of nitrogens with zero attached hydrogens (tertiary/aromatic N) is 1. The van der Waals surface area contributed by atoms with Crippen molar-refractivity contribution in [2.24, 2.45) is 0 Å². The lowest BCUT2D eigenvalue weighted by atomic mass is 10.1. The van der Waals surface area contributed by atoms with Gasteiger partial charge in [-0.25, -0.2) is 0 Å². The first-order valence-corrected chi connectivity index (χ1v) is 6.43. The van der Waals surface area contributed by atoms with E-state index in [-0.39, 0.29) is 6.04 Å². The summed E-state index contributed by atoms with van der Waals surface area (Å²) in [7, 11) is 0. The molecule has 0 bridgehead atoms. The first kappa shape index (κ1) is 13.4. The fourth-order valence-corrected chi connectivity index (χ4v) is 2.19. The van der Waals surface area contributed by atoms with Gasteiger partial charge in [0.15, 0.2) is 5.76 Å². The topological polar surface area (TPSA) is 38.1 Å². The van der Waals surface area contributed by atoms with Crippen LogP contribution in [0.3, 0.4) is 0 Å². The van der Waals surface area contributed by atoms with Crippen LogP contribution in [0.2, 0.25) is 10.0 Å². The molecular formula is C13H14Cl2N2O. The van der Waals surface area contributed by atoms with Crippen molar-refractivity contribution in [2.45, 2.75) is 26.4 Å². The Morgan fingerprint density at radius 3 is 2.83 bits per heavy atom. The zero-order valence-corrected chi connectivity index (χ0v) is 11.7. The van der Waals surface area contributed by atoms with E-state index in [4.69, 9.17) is 27.7 Å². The molecule has 0 spiro atoms. The second-order valence-corrected chi connectivity index (χ2v) is 4.97. The minimum atomic E-state index is 0.0848. The van der Waals surface area contributed by atoms with Gasteiger partial charge in [-0.1, -0.05) is 40.5 Å². The smallest absolute Gasteiger partial charge is 0.150 e. The molecule has 2 rings (SSSR count). The molecule has 1 heterocycles. The SMILES string of the molecule is Cc1cc(CNC(C)c2cccc(Cl)c2Cl)on1. The van der Waals surface area contributed by atoms with Gasteiger partial charge >= 0.3 is 0 Å². The van der Waals surface area contributed by atoms with Crippen LogP contribution in [0, 0.1) is 6.92 Å². The van der Waals surface area contributed by atoms with Crippen LogP contribution in [0.25, 0.3) is 0 Å². The molecule has 1 aromatic heterocycles. The van der Waals surface area contributed by atoms with E-state index in [9.17, 15) is 0 Å². The van der Waals surface area contributed by atoms with E-state index in [1.807, 2.05) is 32.0 Å². The van der Waals surface area contributed by atoms with E-state index < -0.39 is 0 Å². The van der Waals surface area contributed by atoms with Crippen LogP contribution in [0.15, 0.2) is 28.8 Å². The molecule has 0 aliphatic rings. The fourth-order valence-electron chi connectivity index (χ4n) is 1.72. The number of nitrogens with one attached hydrogen (secondary N) is 1. The second kappa shape index (κ2) is 5.74. The number of hydrogen-bond donors (Lipinski definition) is 1. The Hall–Kier alpha value is -1.03. The third-order valence-corrected chi connectivity index (χ3v) is 3.54. The molecule has 0 fully saturated rings. The molecule has 18 heavy (non-hydrogen) atoms. The molecule has 0 saturated heterocycles. The van der Waals surface area contributed by atoms with Crippen LogP contribution in [0.1, 0.15) is 30.0 Å². The zero-order valence-electron chi connectivity index (χ0n) is 10.2. The quantitative estimate of drug-likeness (QED) is 0.917. The highest BCUT2D eigenvalue weighted by molar-refractivity contribution is 6.42. The lowest BCUT2D eigenvalue weighted by Crippen LogP contribution is -2.18. The van der Waals surface area contributed by atoms with Crippen molar-refractivity contribution in [3.63, 3.8) is 0 Å². The minimum Gasteiger partial charge on any atom is -0.360 e. The Kier molecular flexibility index (Phi) is 4.27. The van der Waals surface area contributed by atoms with E-state index in [1.165, 1.54) is 0 Å². The van der Waals surface area contributed by atoms with Crippen LogP contribution in [-0.4, -0.2) is 5.16 Å². The summed E-state index contributed by atoms with van der Waals surface area (Å²) in [6, 6.07) is 7.61. The first-order valence-electron chi connectivity index (χ1n) is 5.67. The molecule has 3 nitrogen and oxygen atoms in total. The highest BCUT2D eigenvalue weighted by Crippen LogP contribution is 2.29. The van der Waals surface area contributed by atoms with Gasteiger partial charge in [0, 0.05) is 12.1 Å². The second-order valence-electron chi connectivity index (χ2n) is 4.18. The maximum absolute atomic E-state index is 6.17. The maximum Gasteiger partial charge on any atom is 0.150 e. The number of halogens is 2. The van der Waals surface area contributed by atoms with Gasteiger partial charge in [0.1, 0.15) is 0 Å². The highest BCUT2D eigenvalue weighted by Gasteiger charge is 2.12. The van der Waals surface area contributed by atoms with E-state index >= 15 is 0 Å². The molecular weight excluding hydrogens is 271 g/mol. The van der Waals surface area contributed by atoms with Crippen molar-refractivity contribution >= 4 is 23.2 Å². The van der Waals surface area contributed by atoms with Crippen LogP contribution >= 0.6 is 23.2 Å². The molecule has 0 amide bonds. The Balaban J connectivity index is 2.03. The summed E-state index contributed by atoms with van der Waals surface area (Å²) in [4.78, 5) is 0. The standard InChI is InChI=1S/C13H14Cl2N2O/c1-8-6-10(18-17-8)7-16-9(2)11-4-3-5-12(14)13(11)15/h3-6,9,16H,7H2,1-2H3. The van der Waals surface area contributed by atoms with Crippen molar-refractivity contribution in [2.75, 3.05) is 0 Å². The van der Waals surface area contributed by atoms with Gasteiger partial charge in [0.2, 0.25) is 0 Å². The summed E-state index contributed by atoms with van der Waals surface area (Å²) >= 11 is 12.2. The number of benzene rings is 1. The van der Waals surface area contributed by atoms with Gasteiger partial charge in [0.05, 0.1) is 22.3 Å². The van der Waals surface area contributed by atoms with E-state index in [0.717, 1.165) is 17.0 Å². The third kappa shape index (κ3) is 3.05. The molecule has 2 aromatic rings. The summed E-state index contributed by atoms with van der Waals surface area (Å²) in [5.41, 5.74) is 1.85. The Labute approximate surface area is 116 Å². The van der Waals surface area contributed by atoms with Crippen LogP contribution in [0.5, 0.6) is 0 Å². The Morgan fingerprint density at radius 2 is 2.17 bits per heavy atom. The largest absolute Gasteiger partial charge is 0.360 e. The van der Waals surface area contributed by atoms with Crippen LogP contribution < -0.4 is 5.32 Å². The maximum atomic E-state index is 6.17. The first-order chi connectivity index (χ1) is 8.58. The predicted molar refractivity (Wildman–Crippen MR) is 73.0 cm³/mol. The van der Waals surface area contributed by atoms with Gasteiger partial charge in [-0.15, -0.1) is 0 Å². The minimum absolute atomic E-state index is 0.0848. The molecule has 5 heteroatoms. The van der Waals surface area contributed by atoms with E-state index in [1.54, 1.807) is 6.07 Å². The summed E-state index contributed by atoms with van der Waals surface area (Å²) < 4.78 is 5.13. The third-order valence-electron chi connectivity index (χ3n) is 2.71. The van der Waals surface area contributed by atoms with Crippen molar-refractivity contribution in [3.05, 3.63) is 51.3 Å². The van der Waals surface area contributed by atoms with Crippen molar-refractivity contribution < 1.29 is 4.52 Å². The number of aromatic nitrogens is 1. The number of rotatable bonds is 4. The summed E-state index contributed by atoms with van der Waals surface area (Å²) in [6.45, 7) is 4.52. The van der Waals surface area contributed by atoms with Crippen LogP contribution in [0.4, 0.5) is 0 Å². The summed E-state index contributed by atoms with van der Waals surface area (Å²) in [5.74, 6) is 0.803. The molecule has 1 unspecified atom stereocenters. The number of hydrogen-bond acceptors (Lipinski definition) is 3. The van der Waals surface area contributed by atoms with Crippen LogP contribution in [-0.2, 0) is 6.54 Å². The summed E-state index contributed by atoms with van der Waals surface area (Å²) in [5, 5.41) is 8.32. The molecule has 0 aliphatic heterocycles. The molecule has 0 saturated carbocycles. The van der Waals surface area contributed by atoms with Crippen molar-refractivity contribution in [1.82, 2.24) is 10.5 Å². The van der Waals surface area contributed by atoms with Gasteiger partial charge in [0.25, 0.3) is 0 Å². The van der Waals surface area contributed by atoms with Gasteiger partial charge < -0.3 is 9.84 Å². The molecule has 96 valence electrons. The molecule has 0 aliphatic carbocycles. The average molecular weight is 285 g/mol. The van der Waals surface area contributed by atoms with Gasteiger partial charge in [-0.2, -0.15) is 0 Å². The monoisotopic (exact) mass is 284 g/mol. The highest BCUT2D eigenvalue weighted by atomic mass is 35.5. The lowest BCUT2D eigenvalue weighted by molar-refractivity contribution is 0.363. The summed E-state index contributed by atoms with van der Waals surface area (Å²) in [6.07, 6.45) is 0. The molecule has 0 radical (unpaired) electrons. The van der Waals surface area contributed by atoms with Gasteiger partial charge in [-0.05, 0) is 25.5 Å². The molecule has 1 aromatic carbocycles. The Morgan fingerprint density at radius 1 is 1.39 bits per heavy atom. The Bertz CT molecular complexity index is 540. The molecule has 1 atom stereocenters. The van der Waals surface area contributed by atoms with E-state index in [0.29, 0.717) is 16.6 Å². The lowest BCUT2D eigenvalue weighted by Gasteiger charge is -2.15. The van der Waals surface area contributed by atoms with Gasteiger partial charge in [-0.3, -0.25) is 0 Å². The predicted octanol–water partition coefficient (Wildman–Crippen LogP) is 4.14. The van der Waals surface area contributed by atoms with E-state index in [2.05, 4.69) is 10.5 Å². The zero-order chi connectivity index (χ0) is 13.1. The van der Waals surface area contributed by atoms with Crippen molar-refractivity contribution in [1.29, 1.82) is 0 Å².